The number of fused-ring (bicyclic) bond motifs is 2. The van der Waals surface area contributed by atoms with Crippen LogP contribution in [0.3, 0.4) is 0 Å². The van der Waals surface area contributed by atoms with Gasteiger partial charge in [-0.1, -0.05) is 12.8 Å². The maximum Gasteiger partial charge on any atom is 0.339 e. The molecule has 6 heteroatoms. The predicted octanol–water partition coefficient (Wildman–Crippen LogP) is 6.31. The molecule has 1 aliphatic heterocycles. The van der Waals surface area contributed by atoms with Crippen LogP contribution in [0.15, 0.2) is 27.4 Å². The minimum Gasteiger partial charge on any atom is -0.489 e. The Morgan fingerprint density at radius 1 is 0.975 bits per heavy atom. The highest BCUT2D eigenvalue weighted by atomic mass is 16.5. The largest absolute Gasteiger partial charge is 0.489 e. The first kappa shape index (κ1) is 28.4. The van der Waals surface area contributed by atoms with E-state index in [9.17, 15) is 14.7 Å². The van der Waals surface area contributed by atoms with E-state index in [1.807, 2.05) is 24.0 Å². The summed E-state index contributed by atoms with van der Waals surface area (Å²) in [7, 11) is 0. The van der Waals surface area contributed by atoms with Gasteiger partial charge in [0, 0.05) is 42.4 Å². The van der Waals surface area contributed by atoms with Gasteiger partial charge >= 0.3 is 5.63 Å². The second-order valence-corrected chi connectivity index (χ2v) is 12.2. The van der Waals surface area contributed by atoms with Crippen molar-refractivity contribution in [1.29, 1.82) is 0 Å². The molecule has 1 N–H and O–H groups in total. The van der Waals surface area contributed by atoms with E-state index in [0.29, 0.717) is 49.4 Å². The van der Waals surface area contributed by atoms with Crippen LogP contribution in [0.25, 0.3) is 11.0 Å². The second-order valence-electron chi connectivity index (χ2n) is 12.2. The molecule has 1 aromatic heterocycles. The van der Waals surface area contributed by atoms with E-state index in [2.05, 4.69) is 34.6 Å². The monoisotopic (exact) mass is 545 g/mol. The van der Waals surface area contributed by atoms with Crippen molar-refractivity contribution in [1.82, 2.24) is 4.90 Å². The molecule has 6 nitrogen and oxygen atoms in total. The van der Waals surface area contributed by atoms with Crippen LogP contribution in [-0.2, 0) is 17.8 Å². The molecule has 40 heavy (non-hydrogen) atoms. The van der Waals surface area contributed by atoms with Crippen LogP contribution >= 0.6 is 0 Å². The van der Waals surface area contributed by atoms with Crippen molar-refractivity contribution in [3.8, 4) is 5.75 Å². The molecule has 2 fully saturated rings. The third kappa shape index (κ3) is 5.18. The molecule has 3 aromatic rings. The van der Waals surface area contributed by atoms with Crippen LogP contribution in [0.4, 0.5) is 0 Å². The van der Waals surface area contributed by atoms with Gasteiger partial charge in [-0.15, -0.1) is 0 Å². The summed E-state index contributed by atoms with van der Waals surface area (Å²) in [4.78, 5) is 27.9. The zero-order valence-corrected chi connectivity index (χ0v) is 24.9. The molecule has 0 radical (unpaired) electrons. The molecule has 0 bridgehead atoms. The quantitative estimate of drug-likeness (QED) is 0.367. The third-order valence-electron chi connectivity index (χ3n) is 10.2. The van der Waals surface area contributed by atoms with E-state index in [0.717, 1.165) is 36.6 Å². The molecule has 0 unspecified atom stereocenters. The van der Waals surface area contributed by atoms with Gasteiger partial charge in [-0.3, -0.25) is 4.79 Å². The lowest BCUT2D eigenvalue weighted by atomic mass is 9.71. The number of carbonyl (C=O) groups is 1. The lowest BCUT2D eigenvalue weighted by molar-refractivity contribution is -0.143. The first-order chi connectivity index (χ1) is 19.0. The maximum absolute atomic E-state index is 13.1. The SMILES string of the molecule is Cc1c(C)c(C)c(COc2ccc3c(C)c(CCC(=O)N4CC[C@]5(O)CCCC[C@H]5C4)c(=O)oc3c2)c(C)c1C. The molecule has 5 rings (SSSR count). The van der Waals surface area contributed by atoms with Gasteiger partial charge in [0.2, 0.25) is 5.91 Å². The number of amides is 1. The zero-order chi connectivity index (χ0) is 28.8. The van der Waals surface area contributed by atoms with Crippen LogP contribution in [0.5, 0.6) is 5.75 Å². The number of piperidine rings is 1. The number of hydrogen-bond acceptors (Lipinski definition) is 5. The van der Waals surface area contributed by atoms with E-state index >= 15 is 0 Å². The average Bonchev–Trinajstić information content (AvgIpc) is 2.94. The molecule has 2 heterocycles. The Morgan fingerprint density at radius 2 is 1.68 bits per heavy atom. The van der Waals surface area contributed by atoms with Crippen molar-refractivity contribution in [2.24, 2.45) is 5.92 Å². The summed E-state index contributed by atoms with van der Waals surface area (Å²) in [6, 6.07) is 5.65. The van der Waals surface area contributed by atoms with E-state index in [-0.39, 0.29) is 18.2 Å². The number of ether oxygens (including phenoxy) is 1. The summed E-state index contributed by atoms with van der Waals surface area (Å²) in [6.07, 6.45) is 5.25. The smallest absolute Gasteiger partial charge is 0.339 e. The highest BCUT2D eigenvalue weighted by Gasteiger charge is 2.43. The van der Waals surface area contributed by atoms with Crippen LogP contribution in [-0.4, -0.2) is 34.6 Å². The Balaban J connectivity index is 1.28. The Kier molecular flexibility index (Phi) is 7.84. The number of rotatable bonds is 6. The standard InChI is InChI=1S/C34H43NO5/c1-20-21(2)23(4)30(24(5)22(20)3)19-39-27-10-11-28-25(6)29(33(37)40-31(28)17-27)12-13-32(36)35-16-15-34(38)14-8-7-9-26(34)18-35/h10-11,17,26,38H,7-9,12-16,18-19H2,1-6H3/t26-,34+/m0/s1. The fraction of sp³-hybridized carbons (Fsp3) is 0.529. The van der Waals surface area contributed by atoms with Gasteiger partial charge in [-0.2, -0.15) is 0 Å². The molecule has 1 saturated carbocycles. The molecular weight excluding hydrogens is 502 g/mol. The Labute approximate surface area is 237 Å². The minimum atomic E-state index is -0.608. The van der Waals surface area contributed by atoms with Gasteiger partial charge in [0.25, 0.3) is 0 Å². The summed E-state index contributed by atoms with van der Waals surface area (Å²) in [5, 5.41) is 11.8. The van der Waals surface area contributed by atoms with Gasteiger partial charge in [-0.05, 0) is 118 Å². The van der Waals surface area contributed by atoms with Crippen molar-refractivity contribution in [2.75, 3.05) is 13.1 Å². The zero-order valence-electron chi connectivity index (χ0n) is 24.9. The molecule has 1 aliphatic carbocycles. The van der Waals surface area contributed by atoms with Crippen LogP contribution in [0.2, 0.25) is 0 Å². The Hall–Kier alpha value is -3.12. The van der Waals surface area contributed by atoms with E-state index in [1.54, 1.807) is 6.07 Å². The van der Waals surface area contributed by atoms with E-state index in [4.69, 9.17) is 9.15 Å². The molecular formula is C34H43NO5. The van der Waals surface area contributed by atoms with Gasteiger partial charge < -0.3 is 19.2 Å². The van der Waals surface area contributed by atoms with Crippen LogP contribution < -0.4 is 10.4 Å². The van der Waals surface area contributed by atoms with Gasteiger partial charge in [0.15, 0.2) is 0 Å². The molecule has 2 atom stereocenters. The molecule has 214 valence electrons. The highest BCUT2D eigenvalue weighted by Crippen LogP contribution is 2.40. The fourth-order valence-electron chi connectivity index (χ4n) is 6.89. The second kappa shape index (κ2) is 11.0. The van der Waals surface area contributed by atoms with Crippen molar-refractivity contribution in [2.45, 2.75) is 98.7 Å². The van der Waals surface area contributed by atoms with Gasteiger partial charge in [0.1, 0.15) is 17.9 Å². The number of aryl methyl sites for hydroxylation is 1. The molecule has 2 aromatic carbocycles. The summed E-state index contributed by atoms with van der Waals surface area (Å²) >= 11 is 0. The number of hydrogen-bond donors (Lipinski definition) is 1. The summed E-state index contributed by atoms with van der Waals surface area (Å²) < 4.78 is 11.9. The first-order valence-electron chi connectivity index (χ1n) is 14.7. The summed E-state index contributed by atoms with van der Waals surface area (Å²) in [5.74, 6) is 0.859. The summed E-state index contributed by atoms with van der Waals surface area (Å²) in [5.41, 5.74) is 8.51. The number of benzene rings is 2. The predicted molar refractivity (Wildman–Crippen MR) is 158 cm³/mol. The maximum atomic E-state index is 13.1. The normalized spacial score (nSPS) is 21.0. The lowest BCUT2D eigenvalue weighted by Gasteiger charge is -2.47. The van der Waals surface area contributed by atoms with Gasteiger partial charge in [0.05, 0.1) is 5.60 Å². The average molecular weight is 546 g/mol. The van der Waals surface area contributed by atoms with E-state index < -0.39 is 11.2 Å². The fourth-order valence-corrected chi connectivity index (χ4v) is 6.89. The minimum absolute atomic E-state index is 0.0439. The lowest BCUT2D eigenvalue weighted by Crippen LogP contribution is -2.54. The van der Waals surface area contributed by atoms with Gasteiger partial charge in [-0.25, -0.2) is 4.79 Å². The Bertz CT molecular complexity index is 1490. The third-order valence-corrected chi connectivity index (χ3v) is 10.2. The molecule has 1 saturated heterocycles. The first-order valence-corrected chi connectivity index (χ1v) is 14.7. The Morgan fingerprint density at radius 3 is 2.40 bits per heavy atom. The number of likely N-dealkylation sites (tertiary alicyclic amines) is 1. The van der Waals surface area contributed by atoms with Crippen molar-refractivity contribution in [3.63, 3.8) is 0 Å². The van der Waals surface area contributed by atoms with Crippen molar-refractivity contribution < 1.29 is 19.1 Å². The number of carbonyl (C=O) groups excluding carboxylic acids is 1. The highest BCUT2D eigenvalue weighted by molar-refractivity contribution is 5.83. The van der Waals surface area contributed by atoms with Crippen molar-refractivity contribution in [3.05, 3.63) is 73.1 Å². The van der Waals surface area contributed by atoms with Crippen LogP contribution in [0.1, 0.15) is 83.0 Å². The number of nitrogens with zero attached hydrogens (tertiary/aromatic N) is 1. The van der Waals surface area contributed by atoms with E-state index in [1.165, 1.54) is 33.4 Å². The topological polar surface area (TPSA) is 80.0 Å². The van der Waals surface area contributed by atoms with Crippen LogP contribution in [0, 0.1) is 47.5 Å². The molecule has 2 aliphatic rings. The molecule has 0 spiro atoms. The van der Waals surface area contributed by atoms with Crippen molar-refractivity contribution >= 4 is 16.9 Å². The summed E-state index contributed by atoms with van der Waals surface area (Å²) in [6.45, 7) is 14.3. The number of aliphatic hydroxyl groups is 1. The molecule has 1 amide bonds.